The molecular formula is C21H26N2O. The topological polar surface area (TPSA) is 32.3 Å². The van der Waals surface area contributed by atoms with E-state index in [1.54, 1.807) is 0 Å². The summed E-state index contributed by atoms with van der Waals surface area (Å²) in [5.74, 6) is 0.785. The van der Waals surface area contributed by atoms with Gasteiger partial charge in [0.1, 0.15) is 5.78 Å². The molecule has 7 rings (SSSR count). The molecule has 3 nitrogen and oxygen atoms in total. The van der Waals surface area contributed by atoms with Gasteiger partial charge >= 0.3 is 0 Å². The van der Waals surface area contributed by atoms with Gasteiger partial charge in [0.25, 0.3) is 0 Å². The van der Waals surface area contributed by atoms with Crippen molar-refractivity contribution in [1.29, 1.82) is 0 Å². The molecule has 0 radical (unpaired) electrons. The van der Waals surface area contributed by atoms with Gasteiger partial charge in [0, 0.05) is 29.5 Å². The number of Topliss-reactive ketones (excluding diaryl/α,β-unsaturated/α-hetero) is 1. The van der Waals surface area contributed by atoms with Crippen LogP contribution < -0.4 is 5.32 Å². The average Bonchev–Trinajstić information content (AvgIpc) is 2.99. The maximum absolute atomic E-state index is 13.1. The Morgan fingerprint density at radius 1 is 1.25 bits per heavy atom. The van der Waals surface area contributed by atoms with Gasteiger partial charge in [-0.1, -0.05) is 25.1 Å². The summed E-state index contributed by atoms with van der Waals surface area (Å²) in [6, 6.07) is 9.45. The van der Waals surface area contributed by atoms with Gasteiger partial charge in [-0.2, -0.15) is 0 Å². The number of piperidine rings is 1. The van der Waals surface area contributed by atoms with Crippen LogP contribution in [-0.4, -0.2) is 35.4 Å². The van der Waals surface area contributed by atoms with Crippen molar-refractivity contribution in [3.05, 3.63) is 29.8 Å². The summed E-state index contributed by atoms with van der Waals surface area (Å²) < 4.78 is 0. The Kier molecular flexibility index (Phi) is 2.35. The Hall–Kier alpha value is -1.35. The first-order valence-corrected chi connectivity index (χ1v) is 9.81. The predicted molar refractivity (Wildman–Crippen MR) is 94.1 cm³/mol. The zero-order valence-electron chi connectivity index (χ0n) is 14.5. The molecule has 24 heavy (non-hydrogen) atoms. The van der Waals surface area contributed by atoms with Crippen LogP contribution in [0.5, 0.6) is 0 Å². The van der Waals surface area contributed by atoms with E-state index in [1.807, 2.05) is 0 Å². The van der Waals surface area contributed by atoms with Crippen molar-refractivity contribution in [2.45, 2.75) is 62.4 Å². The zero-order valence-corrected chi connectivity index (χ0v) is 14.5. The third-order valence-electron chi connectivity index (χ3n) is 8.56. The smallest absolute Gasteiger partial charge is 0.139 e. The van der Waals surface area contributed by atoms with Crippen molar-refractivity contribution < 1.29 is 4.79 Å². The lowest BCUT2D eigenvalue weighted by Crippen LogP contribution is -2.76. The summed E-state index contributed by atoms with van der Waals surface area (Å²) in [7, 11) is 0. The molecule has 4 aliphatic carbocycles. The van der Waals surface area contributed by atoms with Crippen LogP contribution in [-0.2, 0) is 10.2 Å². The number of anilines is 1. The maximum atomic E-state index is 13.1. The molecule has 126 valence electrons. The van der Waals surface area contributed by atoms with E-state index >= 15 is 0 Å². The summed E-state index contributed by atoms with van der Waals surface area (Å²) in [6.07, 6.45) is 7.04. The van der Waals surface area contributed by atoms with Gasteiger partial charge < -0.3 is 5.32 Å². The van der Waals surface area contributed by atoms with E-state index in [0.29, 0.717) is 17.2 Å². The van der Waals surface area contributed by atoms with E-state index in [9.17, 15) is 4.79 Å². The molecule has 0 aromatic heterocycles. The van der Waals surface area contributed by atoms with E-state index in [2.05, 4.69) is 41.4 Å². The van der Waals surface area contributed by atoms with Gasteiger partial charge in [-0.15, -0.1) is 0 Å². The molecule has 1 aromatic carbocycles. The molecular weight excluding hydrogens is 296 g/mol. The summed E-state index contributed by atoms with van der Waals surface area (Å²) in [4.78, 5) is 15.9. The number of ketones is 1. The number of para-hydroxylation sites is 1. The van der Waals surface area contributed by atoms with Crippen molar-refractivity contribution in [2.24, 2.45) is 11.3 Å². The second-order valence-electron chi connectivity index (χ2n) is 9.01. The largest absolute Gasteiger partial charge is 0.378 e. The molecule has 5 atom stereocenters. The summed E-state index contributed by atoms with van der Waals surface area (Å²) in [6.45, 7) is 4.64. The normalized spacial score (nSPS) is 48.0. The highest BCUT2D eigenvalue weighted by Gasteiger charge is 2.80. The highest BCUT2D eigenvalue weighted by molar-refractivity contribution is 5.93. The quantitative estimate of drug-likeness (QED) is 0.860. The Bertz CT molecular complexity index is 760. The van der Waals surface area contributed by atoms with Gasteiger partial charge in [-0.3, -0.25) is 9.69 Å². The van der Waals surface area contributed by atoms with Crippen molar-refractivity contribution in [2.75, 3.05) is 18.4 Å². The molecule has 3 heteroatoms. The van der Waals surface area contributed by atoms with Crippen LogP contribution in [0.4, 0.5) is 5.69 Å². The summed E-state index contributed by atoms with van der Waals surface area (Å²) in [5, 5.41) is 3.95. The molecule has 6 aliphatic rings. The number of benzene rings is 1. The fourth-order valence-electron chi connectivity index (χ4n) is 8.03. The number of rotatable bonds is 1. The number of likely N-dealkylation sites (tertiary alicyclic amines) is 1. The number of carbonyl (C=O) groups is 1. The molecule has 2 heterocycles. The zero-order chi connectivity index (χ0) is 16.2. The van der Waals surface area contributed by atoms with Crippen LogP contribution in [0.1, 0.15) is 51.0 Å². The first kappa shape index (κ1) is 13.9. The summed E-state index contributed by atoms with van der Waals surface area (Å²) >= 11 is 0. The molecule has 4 saturated carbocycles. The first-order valence-electron chi connectivity index (χ1n) is 9.81. The molecule has 5 fully saturated rings. The number of carbonyl (C=O) groups excluding carboxylic acids is 1. The highest BCUT2D eigenvalue weighted by Crippen LogP contribution is 2.75. The monoisotopic (exact) mass is 322 g/mol. The number of nitrogens with zero attached hydrogens (tertiary/aromatic N) is 1. The van der Waals surface area contributed by atoms with Gasteiger partial charge in [-0.25, -0.2) is 0 Å². The van der Waals surface area contributed by atoms with Crippen LogP contribution >= 0.6 is 0 Å². The van der Waals surface area contributed by atoms with Crippen LogP contribution in [0.2, 0.25) is 0 Å². The minimum atomic E-state index is 0.00491. The van der Waals surface area contributed by atoms with Crippen molar-refractivity contribution in [1.82, 2.24) is 4.90 Å². The number of fused-ring (bicyclic) bond motifs is 2. The number of hydrogen-bond acceptors (Lipinski definition) is 3. The van der Waals surface area contributed by atoms with E-state index in [4.69, 9.17) is 0 Å². The van der Waals surface area contributed by atoms with Crippen LogP contribution in [0.3, 0.4) is 0 Å². The first-order chi connectivity index (χ1) is 11.7. The Balaban J connectivity index is 1.68. The Labute approximate surface area is 143 Å². The lowest BCUT2D eigenvalue weighted by molar-refractivity contribution is -0.140. The van der Waals surface area contributed by atoms with E-state index in [-0.39, 0.29) is 16.9 Å². The molecule has 0 unspecified atom stereocenters. The van der Waals surface area contributed by atoms with Gasteiger partial charge in [0.15, 0.2) is 0 Å². The van der Waals surface area contributed by atoms with Crippen molar-refractivity contribution in [3.8, 4) is 0 Å². The number of hydrogen-bond donors (Lipinski definition) is 1. The van der Waals surface area contributed by atoms with Crippen LogP contribution in [0, 0.1) is 11.3 Å². The van der Waals surface area contributed by atoms with Gasteiger partial charge in [-0.05, 0) is 62.2 Å². The SMILES string of the molecule is CCN1CCC[C@@]23CC[C@]45Nc6ccccc6[C@]4(CC(=O)[C@H]5C2)[C@@H]13. The van der Waals surface area contributed by atoms with E-state index in [1.165, 1.54) is 43.5 Å². The highest BCUT2D eigenvalue weighted by atomic mass is 16.1. The Morgan fingerprint density at radius 3 is 3.00 bits per heavy atom. The fourth-order valence-corrected chi connectivity index (χ4v) is 8.03. The third-order valence-corrected chi connectivity index (χ3v) is 8.56. The maximum Gasteiger partial charge on any atom is 0.139 e. The number of likely N-dealkylation sites (N-methyl/N-ethyl adjacent to an activating group) is 1. The molecule has 4 bridgehead atoms. The summed E-state index contributed by atoms with van der Waals surface area (Å²) in [5.41, 5.74) is 3.18. The van der Waals surface area contributed by atoms with Crippen molar-refractivity contribution in [3.63, 3.8) is 0 Å². The molecule has 1 aromatic rings. The van der Waals surface area contributed by atoms with Gasteiger partial charge in [0.2, 0.25) is 0 Å². The lowest BCUT2D eigenvalue weighted by atomic mass is 9.41. The molecule has 0 amide bonds. The second-order valence-corrected chi connectivity index (χ2v) is 9.01. The average molecular weight is 322 g/mol. The predicted octanol–water partition coefficient (Wildman–Crippen LogP) is 3.35. The minimum Gasteiger partial charge on any atom is -0.378 e. The third kappa shape index (κ3) is 1.20. The molecule has 2 spiro atoms. The van der Waals surface area contributed by atoms with Crippen LogP contribution in [0.25, 0.3) is 0 Å². The Morgan fingerprint density at radius 2 is 2.12 bits per heavy atom. The van der Waals surface area contributed by atoms with E-state index in [0.717, 1.165) is 19.4 Å². The lowest BCUT2D eigenvalue weighted by Gasteiger charge is -2.69. The van der Waals surface area contributed by atoms with Gasteiger partial charge in [0.05, 0.1) is 5.54 Å². The van der Waals surface area contributed by atoms with Crippen LogP contribution in [0.15, 0.2) is 24.3 Å². The van der Waals surface area contributed by atoms with E-state index < -0.39 is 0 Å². The molecule has 1 N–H and O–H groups in total. The number of nitrogens with one attached hydrogen (secondary N) is 1. The fraction of sp³-hybridized carbons (Fsp3) is 0.667. The standard InChI is InChI=1S/C21H26N2O/c1-2-23-11-5-8-19-9-10-21-15(12-19)17(24)13-20(21,18(19)23)14-6-3-4-7-16(14)22-21/h3-4,6-7,15,18,22H,2,5,8-13H2,1H3/t15-,18+,19-,20-,21-/m1/s1. The second kappa shape index (κ2) is 4.07. The van der Waals surface area contributed by atoms with Crippen molar-refractivity contribution >= 4 is 11.5 Å². The molecule has 1 saturated heterocycles. The molecule has 2 aliphatic heterocycles. The minimum absolute atomic E-state index is 0.00491.